The van der Waals surface area contributed by atoms with Crippen LogP contribution in [0.4, 0.5) is 5.69 Å². The van der Waals surface area contributed by atoms with Crippen molar-refractivity contribution in [3.05, 3.63) is 29.8 Å². The maximum atomic E-state index is 3.66. The number of para-hydroxylation sites is 1. The third kappa shape index (κ3) is 2.84. The first-order chi connectivity index (χ1) is 9.75. The van der Waals surface area contributed by atoms with E-state index in [2.05, 4.69) is 53.5 Å². The van der Waals surface area contributed by atoms with Gasteiger partial charge in [0, 0.05) is 30.9 Å². The highest BCUT2D eigenvalue weighted by Gasteiger charge is 2.28. The monoisotopic (exact) mass is 273 g/mol. The lowest BCUT2D eigenvalue weighted by molar-refractivity contribution is 0.372. The lowest BCUT2D eigenvalue weighted by Gasteiger charge is -2.32. The van der Waals surface area contributed by atoms with Crippen molar-refractivity contribution in [2.24, 2.45) is 0 Å². The maximum absolute atomic E-state index is 3.66. The van der Waals surface area contributed by atoms with Gasteiger partial charge in [-0.25, -0.2) is 0 Å². The Morgan fingerprint density at radius 2 is 2.05 bits per heavy atom. The molecule has 0 spiro atoms. The lowest BCUT2D eigenvalue weighted by Crippen LogP contribution is -2.38. The van der Waals surface area contributed by atoms with Crippen molar-refractivity contribution in [2.45, 2.75) is 37.8 Å². The van der Waals surface area contributed by atoms with Crippen molar-refractivity contribution in [3.8, 4) is 0 Å². The fourth-order valence-electron chi connectivity index (χ4n) is 3.76. The van der Waals surface area contributed by atoms with Gasteiger partial charge in [-0.1, -0.05) is 18.2 Å². The second kappa shape index (κ2) is 6.15. The van der Waals surface area contributed by atoms with Gasteiger partial charge in [0.1, 0.15) is 0 Å². The van der Waals surface area contributed by atoms with E-state index in [1.165, 1.54) is 50.0 Å². The van der Waals surface area contributed by atoms with Crippen LogP contribution >= 0.6 is 0 Å². The van der Waals surface area contributed by atoms with Crippen LogP contribution in [0.25, 0.3) is 0 Å². The third-order valence-electron chi connectivity index (χ3n) is 4.63. The van der Waals surface area contributed by atoms with Crippen LogP contribution in [0.15, 0.2) is 24.3 Å². The van der Waals surface area contributed by atoms with Gasteiger partial charge in [-0.2, -0.15) is 0 Å². The number of nitrogens with zero attached hydrogens (tertiary/aromatic N) is 2. The molecular formula is C17H27N3. The summed E-state index contributed by atoms with van der Waals surface area (Å²) in [5.74, 6) is 0. The first-order valence-electron chi connectivity index (χ1n) is 7.99. The van der Waals surface area contributed by atoms with Crippen LogP contribution in [0.5, 0.6) is 0 Å². The van der Waals surface area contributed by atoms with Crippen molar-refractivity contribution in [1.29, 1.82) is 0 Å². The highest BCUT2D eigenvalue weighted by Crippen LogP contribution is 2.35. The zero-order valence-corrected chi connectivity index (χ0v) is 12.8. The third-order valence-corrected chi connectivity index (χ3v) is 4.63. The summed E-state index contributed by atoms with van der Waals surface area (Å²) in [6, 6.07) is 10.3. The summed E-state index contributed by atoms with van der Waals surface area (Å²) in [4.78, 5) is 4.97. The van der Waals surface area contributed by atoms with Gasteiger partial charge in [0.15, 0.2) is 0 Å². The molecule has 110 valence electrons. The summed E-state index contributed by atoms with van der Waals surface area (Å²) >= 11 is 0. The molecule has 20 heavy (non-hydrogen) atoms. The maximum Gasteiger partial charge on any atom is 0.0417 e. The van der Waals surface area contributed by atoms with Gasteiger partial charge in [0.25, 0.3) is 0 Å². The molecule has 3 heteroatoms. The van der Waals surface area contributed by atoms with Crippen LogP contribution < -0.4 is 10.2 Å². The zero-order chi connectivity index (χ0) is 13.9. The smallest absolute Gasteiger partial charge is 0.0417 e. The van der Waals surface area contributed by atoms with E-state index < -0.39 is 0 Å². The van der Waals surface area contributed by atoms with Crippen molar-refractivity contribution in [3.63, 3.8) is 0 Å². The number of benzene rings is 1. The molecule has 2 heterocycles. The molecule has 0 aliphatic carbocycles. The molecule has 0 radical (unpaired) electrons. The van der Waals surface area contributed by atoms with Crippen molar-refractivity contribution in [1.82, 2.24) is 10.2 Å². The molecular weight excluding hydrogens is 246 g/mol. The lowest BCUT2D eigenvalue weighted by atomic mass is 10.0. The summed E-state index contributed by atoms with van der Waals surface area (Å²) in [7, 11) is 4.36. The van der Waals surface area contributed by atoms with E-state index >= 15 is 0 Å². The van der Waals surface area contributed by atoms with E-state index in [4.69, 9.17) is 0 Å². The molecule has 0 bridgehead atoms. The van der Waals surface area contributed by atoms with Crippen LogP contribution in [0.2, 0.25) is 0 Å². The van der Waals surface area contributed by atoms with Crippen molar-refractivity contribution >= 4 is 5.69 Å². The molecule has 2 aliphatic heterocycles. The minimum absolute atomic E-state index is 0.562. The summed E-state index contributed by atoms with van der Waals surface area (Å²) < 4.78 is 0. The highest BCUT2D eigenvalue weighted by molar-refractivity contribution is 5.56. The molecule has 0 saturated carbocycles. The Kier molecular flexibility index (Phi) is 4.27. The molecule has 1 aromatic rings. The average molecular weight is 273 g/mol. The molecule has 2 atom stereocenters. The van der Waals surface area contributed by atoms with E-state index in [0.717, 1.165) is 6.54 Å². The van der Waals surface area contributed by atoms with Gasteiger partial charge in [0.2, 0.25) is 0 Å². The topological polar surface area (TPSA) is 18.5 Å². The van der Waals surface area contributed by atoms with Crippen LogP contribution in [-0.4, -0.2) is 44.7 Å². The molecule has 0 amide bonds. The van der Waals surface area contributed by atoms with Crippen molar-refractivity contribution in [2.75, 3.05) is 38.6 Å². The molecule has 2 unspecified atom stereocenters. The number of hydrogen-bond acceptors (Lipinski definition) is 3. The molecule has 3 rings (SSSR count). The second-order valence-electron chi connectivity index (χ2n) is 6.46. The fourth-order valence-corrected chi connectivity index (χ4v) is 3.76. The number of hydrogen-bond donors (Lipinski definition) is 1. The van der Waals surface area contributed by atoms with Gasteiger partial charge >= 0.3 is 0 Å². The summed E-state index contributed by atoms with van der Waals surface area (Å²) in [6.07, 6.45) is 5.23. The van der Waals surface area contributed by atoms with E-state index in [9.17, 15) is 0 Å². The molecule has 0 aromatic heterocycles. The minimum Gasteiger partial charge on any atom is -0.367 e. The van der Waals surface area contributed by atoms with E-state index in [-0.39, 0.29) is 0 Å². The van der Waals surface area contributed by atoms with Crippen LogP contribution in [0.3, 0.4) is 0 Å². The fraction of sp³-hybridized carbons (Fsp3) is 0.647. The normalized spacial score (nSPS) is 26.6. The first-order valence-corrected chi connectivity index (χ1v) is 7.99. The van der Waals surface area contributed by atoms with Gasteiger partial charge in [-0.3, -0.25) is 0 Å². The molecule has 2 aliphatic rings. The number of nitrogens with one attached hydrogen (secondary N) is 1. The predicted molar refractivity (Wildman–Crippen MR) is 85.3 cm³/mol. The van der Waals surface area contributed by atoms with Gasteiger partial charge in [-0.05, 0) is 58.0 Å². The summed E-state index contributed by atoms with van der Waals surface area (Å²) in [6.45, 7) is 3.54. The summed E-state index contributed by atoms with van der Waals surface area (Å²) in [5, 5.41) is 3.66. The number of anilines is 1. The van der Waals surface area contributed by atoms with Crippen molar-refractivity contribution < 1.29 is 0 Å². The van der Waals surface area contributed by atoms with E-state index in [1.54, 1.807) is 0 Å². The van der Waals surface area contributed by atoms with Crippen LogP contribution in [-0.2, 0) is 0 Å². The Balaban J connectivity index is 1.85. The molecule has 2 fully saturated rings. The van der Waals surface area contributed by atoms with Gasteiger partial charge < -0.3 is 15.1 Å². The van der Waals surface area contributed by atoms with Crippen LogP contribution in [0.1, 0.15) is 37.3 Å². The number of rotatable bonds is 4. The molecule has 2 saturated heterocycles. The largest absolute Gasteiger partial charge is 0.367 e. The second-order valence-corrected chi connectivity index (χ2v) is 6.46. The Morgan fingerprint density at radius 1 is 1.20 bits per heavy atom. The van der Waals surface area contributed by atoms with E-state index in [1.807, 2.05) is 0 Å². The summed E-state index contributed by atoms with van der Waals surface area (Å²) in [5.41, 5.74) is 2.98. The average Bonchev–Trinajstić information content (AvgIpc) is 3.09. The minimum atomic E-state index is 0.562. The molecule has 3 nitrogen and oxygen atoms in total. The SMILES string of the molecule is CN(C)CC1CCCN1c1ccccc1C1CCCN1. The predicted octanol–water partition coefficient (Wildman–Crippen LogP) is 2.64. The van der Waals surface area contributed by atoms with Gasteiger partial charge in [-0.15, -0.1) is 0 Å². The van der Waals surface area contributed by atoms with Gasteiger partial charge in [0.05, 0.1) is 0 Å². The zero-order valence-electron chi connectivity index (χ0n) is 12.8. The molecule has 1 N–H and O–H groups in total. The molecule has 1 aromatic carbocycles. The Hall–Kier alpha value is -1.06. The van der Waals surface area contributed by atoms with E-state index in [0.29, 0.717) is 12.1 Å². The Bertz CT molecular complexity index is 438. The highest BCUT2D eigenvalue weighted by atomic mass is 15.2. The Morgan fingerprint density at radius 3 is 2.80 bits per heavy atom. The van der Waals surface area contributed by atoms with Crippen LogP contribution in [0, 0.1) is 0 Å². The standard InChI is InChI=1S/C17H27N3/c1-19(2)13-14-7-6-12-20(14)17-10-4-3-8-15(17)16-9-5-11-18-16/h3-4,8,10,14,16,18H,5-7,9,11-13H2,1-2H3. The first kappa shape index (κ1) is 13.9. The quantitative estimate of drug-likeness (QED) is 0.910. The Labute approximate surface area is 123 Å². The number of likely N-dealkylation sites (N-methyl/N-ethyl adjacent to an activating group) is 1.